The van der Waals surface area contributed by atoms with Crippen LogP contribution < -0.4 is 4.74 Å². The number of alkyl halides is 3. The number of hydrogen-bond donors (Lipinski definition) is 1. The first-order chi connectivity index (χ1) is 18.6. The molecule has 1 unspecified atom stereocenters. The Morgan fingerprint density at radius 1 is 1.00 bits per heavy atom. The molecule has 0 saturated carbocycles. The fourth-order valence-electron chi connectivity index (χ4n) is 5.21. The lowest BCUT2D eigenvalue weighted by Gasteiger charge is -2.38. The van der Waals surface area contributed by atoms with Crippen LogP contribution >= 0.6 is 11.6 Å². The van der Waals surface area contributed by atoms with Crippen LogP contribution in [0.2, 0.25) is 5.02 Å². The lowest BCUT2D eigenvalue weighted by molar-refractivity contribution is -0.144. The van der Waals surface area contributed by atoms with Crippen LogP contribution in [0.15, 0.2) is 72.8 Å². The van der Waals surface area contributed by atoms with Crippen molar-refractivity contribution in [3.05, 3.63) is 100 Å². The maximum atomic E-state index is 13.8. The van der Waals surface area contributed by atoms with Crippen molar-refractivity contribution in [2.45, 2.75) is 31.6 Å². The molecule has 3 aromatic carbocycles. The first-order valence-electron chi connectivity index (χ1n) is 12.3. The highest BCUT2D eigenvalue weighted by Crippen LogP contribution is 2.41. The lowest BCUT2D eigenvalue weighted by atomic mass is 9.87. The van der Waals surface area contributed by atoms with Crippen LogP contribution in [0.25, 0.3) is 10.9 Å². The lowest BCUT2D eigenvalue weighted by Crippen LogP contribution is -2.41. The van der Waals surface area contributed by atoms with Crippen molar-refractivity contribution in [3.8, 4) is 5.75 Å². The van der Waals surface area contributed by atoms with E-state index in [2.05, 4.69) is 0 Å². The average molecular weight is 557 g/mol. The van der Waals surface area contributed by atoms with E-state index < -0.39 is 30.5 Å². The number of carbonyl (C=O) groups is 2. The van der Waals surface area contributed by atoms with Crippen molar-refractivity contribution in [1.82, 2.24) is 9.47 Å². The SMILES string of the molecule is O=C(O)COc1ccc(Cl)cc1C1c2ccccc2CCN1C(=O)CCn1c(C(F)(F)F)cc2ccccc21. The maximum absolute atomic E-state index is 13.8. The van der Waals surface area contributed by atoms with Crippen LogP contribution in [-0.2, 0) is 28.7 Å². The Labute approximate surface area is 227 Å². The van der Waals surface area contributed by atoms with E-state index in [0.29, 0.717) is 34.5 Å². The molecule has 1 amide bonds. The van der Waals surface area contributed by atoms with Crippen molar-refractivity contribution >= 4 is 34.4 Å². The van der Waals surface area contributed by atoms with Gasteiger partial charge in [0.1, 0.15) is 11.4 Å². The van der Waals surface area contributed by atoms with E-state index in [4.69, 9.17) is 21.4 Å². The second-order valence-corrected chi connectivity index (χ2v) is 9.73. The molecular weight excluding hydrogens is 533 g/mol. The molecular formula is C29H24ClF3N2O4. The summed E-state index contributed by atoms with van der Waals surface area (Å²) in [5.41, 5.74) is 1.92. The molecule has 1 aliphatic heterocycles. The Kier molecular flexibility index (Phi) is 7.27. The van der Waals surface area contributed by atoms with Gasteiger partial charge >= 0.3 is 12.1 Å². The number of hydrogen-bond acceptors (Lipinski definition) is 3. The van der Waals surface area contributed by atoms with Gasteiger partial charge in [-0.1, -0.05) is 54.1 Å². The molecule has 0 bridgehead atoms. The van der Waals surface area contributed by atoms with E-state index in [1.807, 2.05) is 24.3 Å². The molecule has 39 heavy (non-hydrogen) atoms. The van der Waals surface area contributed by atoms with Crippen LogP contribution in [0.3, 0.4) is 0 Å². The molecule has 6 nitrogen and oxygen atoms in total. The molecule has 202 valence electrons. The zero-order valence-electron chi connectivity index (χ0n) is 20.6. The summed E-state index contributed by atoms with van der Waals surface area (Å²) >= 11 is 6.31. The van der Waals surface area contributed by atoms with E-state index >= 15 is 0 Å². The van der Waals surface area contributed by atoms with Crippen molar-refractivity contribution in [2.75, 3.05) is 13.2 Å². The highest BCUT2D eigenvalue weighted by molar-refractivity contribution is 6.30. The van der Waals surface area contributed by atoms with E-state index in [0.717, 1.165) is 21.8 Å². The Bertz CT molecular complexity index is 1550. The second kappa shape index (κ2) is 10.6. The molecule has 0 saturated heterocycles. The van der Waals surface area contributed by atoms with Crippen molar-refractivity contribution in [3.63, 3.8) is 0 Å². The van der Waals surface area contributed by atoms with Gasteiger partial charge in [0.25, 0.3) is 0 Å². The number of aliphatic carboxylic acids is 1. The van der Waals surface area contributed by atoms with Gasteiger partial charge in [-0.2, -0.15) is 13.2 Å². The zero-order valence-corrected chi connectivity index (χ0v) is 21.4. The van der Waals surface area contributed by atoms with E-state index in [1.165, 1.54) is 0 Å². The van der Waals surface area contributed by atoms with E-state index in [-0.39, 0.29) is 24.6 Å². The summed E-state index contributed by atoms with van der Waals surface area (Å²) in [6, 6.07) is 19.3. The Balaban J connectivity index is 1.51. The molecule has 1 atom stereocenters. The largest absolute Gasteiger partial charge is 0.482 e. The third-order valence-electron chi connectivity index (χ3n) is 6.87. The number of fused-ring (bicyclic) bond motifs is 2. The highest BCUT2D eigenvalue weighted by Gasteiger charge is 2.37. The number of carbonyl (C=O) groups excluding carboxylic acids is 1. The van der Waals surface area contributed by atoms with Gasteiger partial charge in [-0.25, -0.2) is 4.79 Å². The number of rotatable bonds is 7. The number of halogens is 4. The van der Waals surface area contributed by atoms with Gasteiger partial charge in [0.2, 0.25) is 5.91 Å². The van der Waals surface area contributed by atoms with Gasteiger partial charge in [-0.05, 0) is 47.9 Å². The van der Waals surface area contributed by atoms with Gasteiger partial charge < -0.3 is 19.3 Å². The third-order valence-corrected chi connectivity index (χ3v) is 7.11. The fourth-order valence-corrected chi connectivity index (χ4v) is 5.39. The second-order valence-electron chi connectivity index (χ2n) is 9.29. The summed E-state index contributed by atoms with van der Waals surface area (Å²) in [5, 5.41) is 9.96. The van der Waals surface area contributed by atoms with E-state index in [9.17, 15) is 22.8 Å². The van der Waals surface area contributed by atoms with Crippen LogP contribution in [0.4, 0.5) is 13.2 Å². The predicted octanol–water partition coefficient (Wildman–Crippen LogP) is 6.34. The summed E-state index contributed by atoms with van der Waals surface area (Å²) in [6.45, 7) is -0.425. The molecule has 1 aliphatic rings. The number of ether oxygens (including phenoxy) is 1. The Hall–Kier alpha value is -3.98. The van der Waals surface area contributed by atoms with Gasteiger partial charge in [-0.15, -0.1) is 0 Å². The summed E-state index contributed by atoms with van der Waals surface area (Å²) in [6.07, 6.45) is -4.19. The fraction of sp³-hybridized carbons (Fsp3) is 0.241. The number of carboxylic acids is 1. The number of nitrogens with zero attached hydrogens (tertiary/aromatic N) is 2. The van der Waals surface area contributed by atoms with Crippen molar-refractivity contribution < 1.29 is 32.6 Å². The molecule has 2 heterocycles. The monoisotopic (exact) mass is 556 g/mol. The van der Waals surface area contributed by atoms with Gasteiger partial charge in [-0.3, -0.25) is 4.79 Å². The Morgan fingerprint density at radius 2 is 1.74 bits per heavy atom. The van der Waals surface area contributed by atoms with Gasteiger partial charge in [0, 0.05) is 41.0 Å². The minimum Gasteiger partial charge on any atom is -0.482 e. The molecule has 1 aromatic heterocycles. The summed E-state index contributed by atoms with van der Waals surface area (Å²) in [5.74, 6) is -1.24. The normalized spacial score (nSPS) is 15.3. The molecule has 1 N–H and O–H groups in total. The predicted molar refractivity (Wildman–Crippen MR) is 140 cm³/mol. The van der Waals surface area contributed by atoms with Crippen molar-refractivity contribution in [2.24, 2.45) is 0 Å². The minimum atomic E-state index is -4.58. The number of amides is 1. The summed E-state index contributed by atoms with van der Waals surface area (Å²) in [7, 11) is 0. The topological polar surface area (TPSA) is 71.8 Å². The maximum Gasteiger partial charge on any atom is 0.431 e. The molecule has 5 rings (SSSR count). The Morgan fingerprint density at radius 3 is 2.51 bits per heavy atom. The average Bonchev–Trinajstić information content (AvgIpc) is 3.29. The number of para-hydroxylation sites is 1. The van der Waals surface area contributed by atoms with Crippen LogP contribution in [0.1, 0.15) is 34.8 Å². The summed E-state index contributed by atoms with van der Waals surface area (Å²) < 4.78 is 48.2. The standard InChI is InChI=1S/C29H24ClF3N2O4/c30-20-9-10-24(39-17-27(37)38)22(16-20)28-21-7-3-1-5-18(21)11-13-35(28)26(36)12-14-34-23-8-4-2-6-19(23)15-25(34)29(31,32)33/h1-10,15-16,28H,11-14,17H2,(H,37,38). The van der Waals surface area contributed by atoms with Gasteiger partial charge in [0.15, 0.2) is 6.61 Å². The molecule has 0 aliphatic carbocycles. The third kappa shape index (κ3) is 5.45. The van der Waals surface area contributed by atoms with Crippen LogP contribution in [0, 0.1) is 0 Å². The number of aryl methyl sites for hydroxylation is 1. The van der Waals surface area contributed by atoms with Crippen LogP contribution in [0.5, 0.6) is 5.75 Å². The molecule has 10 heteroatoms. The number of aromatic nitrogens is 1. The van der Waals surface area contributed by atoms with Crippen molar-refractivity contribution in [1.29, 1.82) is 0 Å². The first kappa shape index (κ1) is 26.6. The highest BCUT2D eigenvalue weighted by atomic mass is 35.5. The number of carboxylic acid groups (broad SMARTS) is 1. The smallest absolute Gasteiger partial charge is 0.431 e. The zero-order chi connectivity index (χ0) is 27.7. The molecule has 0 spiro atoms. The number of benzene rings is 3. The van der Waals surface area contributed by atoms with Crippen LogP contribution in [-0.4, -0.2) is 39.6 Å². The molecule has 0 fully saturated rings. The summed E-state index contributed by atoms with van der Waals surface area (Å²) in [4.78, 5) is 26.5. The first-order valence-corrected chi connectivity index (χ1v) is 12.7. The quantitative estimate of drug-likeness (QED) is 0.288. The molecule has 4 aromatic rings. The molecule has 0 radical (unpaired) electrons. The van der Waals surface area contributed by atoms with E-state index in [1.54, 1.807) is 47.4 Å². The van der Waals surface area contributed by atoms with Gasteiger partial charge in [0.05, 0.1) is 6.04 Å². The minimum absolute atomic E-state index is 0.163.